The zero-order valence-electron chi connectivity index (χ0n) is 11.2. The second kappa shape index (κ2) is 5.17. The summed E-state index contributed by atoms with van der Waals surface area (Å²) >= 11 is 0. The molecule has 0 amide bonds. The quantitative estimate of drug-likeness (QED) is 0.872. The van der Waals surface area contributed by atoms with E-state index >= 15 is 0 Å². The predicted molar refractivity (Wildman–Crippen MR) is 69.0 cm³/mol. The molecule has 4 nitrogen and oxygen atoms in total. The van der Waals surface area contributed by atoms with Crippen molar-refractivity contribution in [2.45, 2.75) is 64.0 Å². The molecule has 4 heteroatoms. The lowest BCUT2D eigenvalue weighted by molar-refractivity contribution is 0.237. The van der Waals surface area contributed by atoms with Crippen molar-refractivity contribution >= 4 is 0 Å². The lowest BCUT2D eigenvalue weighted by Gasteiger charge is -2.37. The molecule has 0 unspecified atom stereocenters. The Morgan fingerprint density at radius 1 is 1.35 bits per heavy atom. The fourth-order valence-electron chi connectivity index (χ4n) is 2.87. The first-order valence-corrected chi connectivity index (χ1v) is 6.74. The van der Waals surface area contributed by atoms with Crippen molar-refractivity contribution in [2.24, 2.45) is 0 Å². The summed E-state index contributed by atoms with van der Waals surface area (Å²) in [5.41, 5.74) is 0.248. The first-order valence-electron chi connectivity index (χ1n) is 6.74. The van der Waals surface area contributed by atoms with Gasteiger partial charge in [-0.15, -0.1) is 10.2 Å². The number of likely N-dealkylation sites (N-methyl/N-ethyl adjacent to an activating group) is 1. The fraction of sp³-hybridized carbons (Fsp3) is 0.846. The monoisotopic (exact) mass is 236 g/mol. The maximum atomic E-state index is 4.30. The molecule has 17 heavy (non-hydrogen) atoms. The summed E-state index contributed by atoms with van der Waals surface area (Å²) in [5.74, 6) is 1.12. The molecular formula is C13H24N4. The second-order valence-corrected chi connectivity index (χ2v) is 5.52. The van der Waals surface area contributed by atoms with Crippen LogP contribution >= 0.6 is 0 Å². The van der Waals surface area contributed by atoms with E-state index in [1.165, 1.54) is 32.1 Å². The minimum atomic E-state index is 0.248. The van der Waals surface area contributed by atoms with Gasteiger partial charge in [-0.25, -0.2) is 0 Å². The molecule has 0 radical (unpaired) electrons. The molecule has 1 aromatic rings. The summed E-state index contributed by atoms with van der Waals surface area (Å²) in [6, 6.07) is 0.442. The highest BCUT2D eigenvalue weighted by Crippen LogP contribution is 2.30. The van der Waals surface area contributed by atoms with Crippen molar-refractivity contribution < 1.29 is 0 Å². The molecule has 1 N–H and O–H groups in total. The van der Waals surface area contributed by atoms with Gasteiger partial charge in [0.05, 0.1) is 0 Å². The van der Waals surface area contributed by atoms with Crippen molar-refractivity contribution in [1.29, 1.82) is 0 Å². The third-order valence-corrected chi connectivity index (χ3v) is 4.04. The fourth-order valence-corrected chi connectivity index (χ4v) is 2.87. The van der Waals surface area contributed by atoms with Gasteiger partial charge in [-0.2, -0.15) is 0 Å². The van der Waals surface area contributed by atoms with Crippen LogP contribution in [0.4, 0.5) is 0 Å². The summed E-state index contributed by atoms with van der Waals surface area (Å²) in [6.07, 6.45) is 9.41. The van der Waals surface area contributed by atoms with Crippen LogP contribution in [-0.4, -0.2) is 27.4 Å². The minimum Gasteiger partial charge on any atom is -0.315 e. The maximum absolute atomic E-state index is 4.30. The number of nitrogens with one attached hydrogen (secondary N) is 1. The summed E-state index contributed by atoms with van der Waals surface area (Å²) in [5, 5.41) is 11.9. The summed E-state index contributed by atoms with van der Waals surface area (Å²) in [4.78, 5) is 0. The SMILES string of the molecule is CNC1(Cc2nncn2C(C)C)CCCCC1. The van der Waals surface area contributed by atoms with Crippen LogP contribution in [0.25, 0.3) is 0 Å². The van der Waals surface area contributed by atoms with Crippen molar-refractivity contribution in [3.05, 3.63) is 12.2 Å². The Labute approximate surface area is 104 Å². The van der Waals surface area contributed by atoms with Gasteiger partial charge in [0.15, 0.2) is 0 Å². The van der Waals surface area contributed by atoms with E-state index in [0.29, 0.717) is 6.04 Å². The molecule has 1 aromatic heterocycles. The van der Waals surface area contributed by atoms with Crippen molar-refractivity contribution in [1.82, 2.24) is 20.1 Å². The molecule has 2 rings (SSSR count). The van der Waals surface area contributed by atoms with Crippen molar-refractivity contribution in [3.8, 4) is 0 Å². The summed E-state index contributed by atoms with van der Waals surface area (Å²) < 4.78 is 2.19. The molecule has 0 aliphatic heterocycles. The van der Waals surface area contributed by atoms with Crippen LogP contribution < -0.4 is 5.32 Å². The molecule has 0 aromatic carbocycles. The van der Waals surface area contributed by atoms with Gasteiger partial charge in [-0.1, -0.05) is 19.3 Å². The van der Waals surface area contributed by atoms with Crippen molar-refractivity contribution in [3.63, 3.8) is 0 Å². The van der Waals surface area contributed by atoms with Crippen LogP contribution in [0.15, 0.2) is 6.33 Å². The van der Waals surface area contributed by atoms with E-state index in [4.69, 9.17) is 0 Å². The van der Waals surface area contributed by atoms with E-state index in [9.17, 15) is 0 Å². The Kier molecular flexibility index (Phi) is 3.82. The van der Waals surface area contributed by atoms with E-state index in [0.717, 1.165) is 12.2 Å². The number of hydrogen-bond donors (Lipinski definition) is 1. The Morgan fingerprint density at radius 2 is 2.06 bits per heavy atom. The van der Waals surface area contributed by atoms with E-state index < -0.39 is 0 Å². The molecule has 0 saturated heterocycles. The molecule has 1 heterocycles. The minimum absolute atomic E-state index is 0.248. The van der Waals surface area contributed by atoms with Gasteiger partial charge in [0.25, 0.3) is 0 Å². The number of aromatic nitrogens is 3. The van der Waals surface area contributed by atoms with Gasteiger partial charge in [-0.3, -0.25) is 0 Å². The molecule has 0 bridgehead atoms. The average molecular weight is 236 g/mol. The number of rotatable bonds is 4. The Bertz CT molecular complexity index is 350. The smallest absolute Gasteiger partial charge is 0.134 e. The third kappa shape index (κ3) is 2.68. The van der Waals surface area contributed by atoms with Crippen LogP contribution in [0.2, 0.25) is 0 Å². The first-order chi connectivity index (χ1) is 8.17. The standard InChI is InChI=1S/C13H24N4/c1-11(2)17-10-15-16-12(17)9-13(14-3)7-5-4-6-8-13/h10-11,14H,4-9H2,1-3H3. The molecule has 0 atom stereocenters. The topological polar surface area (TPSA) is 42.7 Å². The number of hydrogen-bond acceptors (Lipinski definition) is 3. The van der Waals surface area contributed by atoms with Gasteiger partial charge < -0.3 is 9.88 Å². The number of nitrogens with zero attached hydrogens (tertiary/aromatic N) is 3. The van der Waals surface area contributed by atoms with Crippen molar-refractivity contribution in [2.75, 3.05) is 7.05 Å². The molecule has 1 saturated carbocycles. The maximum Gasteiger partial charge on any atom is 0.134 e. The van der Waals surface area contributed by atoms with Crippen LogP contribution in [0.1, 0.15) is 57.8 Å². The molecule has 96 valence electrons. The van der Waals surface area contributed by atoms with E-state index in [2.05, 4.69) is 41.0 Å². The zero-order chi connectivity index (χ0) is 12.3. The highest BCUT2D eigenvalue weighted by molar-refractivity contribution is 5.01. The molecule has 1 fully saturated rings. The Hall–Kier alpha value is -0.900. The summed E-state index contributed by atoms with van der Waals surface area (Å²) in [6.45, 7) is 4.36. The highest BCUT2D eigenvalue weighted by Gasteiger charge is 2.32. The van der Waals surface area contributed by atoms with Gasteiger partial charge >= 0.3 is 0 Å². The van der Waals surface area contributed by atoms with Gasteiger partial charge in [0, 0.05) is 18.0 Å². The highest BCUT2D eigenvalue weighted by atomic mass is 15.3. The normalized spacial score (nSPS) is 19.8. The van der Waals surface area contributed by atoms with Crippen LogP contribution in [-0.2, 0) is 6.42 Å². The summed E-state index contributed by atoms with van der Waals surface area (Å²) in [7, 11) is 2.08. The average Bonchev–Trinajstić information content (AvgIpc) is 2.78. The predicted octanol–water partition coefficient (Wildman–Crippen LogP) is 2.32. The van der Waals surface area contributed by atoms with Gasteiger partial charge in [0.1, 0.15) is 12.2 Å². The van der Waals surface area contributed by atoms with Gasteiger partial charge in [0.2, 0.25) is 0 Å². The lowest BCUT2D eigenvalue weighted by Crippen LogP contribution is -2.47. The first kappa shape index (κ1) is 12.6. The second-order valence-electron chi connectivity index (χ2n) is 5.52. The van der Waals surface area contributed by atoms with Crippen LogP contribution in [0, 0.1) is 0 Å². The van der Waals surface area contributed by atoms with E-state index in [-0.39, 0.29) is 5.54 Å². The van der Waals surface area contributed by atoms with Crippen LogP contribution in [0.5, 0.6) is 0 Å². The molecule has 1 aliphatic rings. The van der Waals surface area contributed by atoms with Crippen LogP contribution in [0.3, 0.4) is 0 Å². The van der Waals surface area contributed by atoms with E-state index in [1.807, 2.05) is 6.33 Å². The molecule has 0 spiro atoms. The van der Waals surface area contributed by atoms with E-state index in [1.54, 1.807) is 0 Å². The lowest BCUT2D eigenvalue weighted by atomic mass is 9.79. The zero-order valence-corrected chi connectivity index (χ0v) is 11.2. The third-order valence-electron chi connectivity index (χ3n) is 4.04. The van der Waals surface area contributed by atoms with Gasteiger partial charge in [-0.05, 0) is 33.7 Å². The Balaban J connectivity index is 2.14. The Morgan fingerprint density at radius 3 is 2.65 bits per heavy atom. The molecule has 1 aliphatic carbocycles. The largest absolute Gasteiger partial charge is 0.315 e. The molecular weight excluding hydrogens is 212 g/mol.